The minimum Gasteiger partial charge on any atom is -0.497 e. The first-order chi connectivity index (χ1) is 12.5. The average Bonchev–Trinajstić information content (AvgIpc) is 2.66. The van der Waals surface area contributed by atoms with Crippen molar-refractivity contribution in [2.75, 3.05) is 13.7 Å². The Balaban J connectivity index is 1.81. The van der Waals surface area contributed by atoms with Gasteiger partial charge in [-0.3, -0.25) is 9.59 Å². The SMILES string of the molecule is CC[C@@H](NC(=O)CCNC(=O)c1ccc(Br)cc1)c1ccc(OC)cc1. The summed E-state index contributed by atoms with van der Waals surface area (Å²) in [5, 5.41) is 5.77. The third-order valence-corrected chi connectivity index (χ3v) is 4.53. The lowest BCUT2D eigenvalue weighted by Gasteiger charge is -2.18. The first-order valence-electron chi connectivity index (χ1n) is 8.50. The van der Waals surface area contributed by atoms with Gasteiger partial charge < -0.3 is 15.4 Å². The minimum atomic E-state index is -0.188. The van der Waals surface area contributed by atoms with Crippen molar-refractivity contribution >= 4 is 27.7 Å². The number of carbonyl (C=O) groups is 2. The molecule has 0 aliphatic carbocycles. The Morgan fingerprint density at radius 3 is 2.31 bits per heavy atom. The van der Waals surface area contributed by atoms with E-state index in [9.17, 15) is 9.59 Å². The molecule has 1 atom stereocenters. The number of ether oxygens (including phenoxy) is 1. The molecule has 2 amide bonds. The van der Waals surface area contributed by atoms with Crippen LogP contribution in [-0.2, 0) is 4.79 Å². The Bertz CT molecular complexity index is 730. The predicted molar refractivity (Wildman–Crippen MR) is 105 cm³/mol. The number of halogens is 1. The lowest BCUT2D eigenvalue weighted by Crippen LogP contribution is -2.32. The van der Waals surface area contributed by atoms with E-state index in [1.807, 2.05) is 43.3 Å². The fourth-order valence-corrected chi connectivity index (χ4v) is 2.78. The van der Waals surface area contributed by atoms with Crippen LogP contribution in [0.2, 0.25) is 0 Å². The van der Waals surface area contributed by atoms with Crippen LogP contribution in [0.15, 0.2) is 53.0 Å². The van der Waals surface area contributed by atoms with Crippen molar-refractivity contribution in [1.82, 2.24) is 10.6 Å². The molecule has 0 aromatic heterocycles. The fourth-order valence-electron chi connectivity index (χ4n) is 2.52. The van der Waals surface area contributed by atoms with E-state index in [4.69, 9.17) is 4.74 Å². The predicted octanol–water partition coefficient (Wildman–Crippen LogP) is 3.85. The van der Waals surface area contributed by atoms with Gasteiger partial charge in [0.2, 0.25) is 5.91 Å². The summed E-state index contributed by atoms with van der Waals surface area (Å²) in [6, 6.07) is 14.7. The van der Waals surface area contributed by atoms with Crippen LogP contribution in [0.4, 0.5) is 0 Å². The highest BCUT2D eigenvalue weighted by Crippen LogP contribution is 2.20. The van der Waals surface area contributed by atoms with Crippen molar-refractivity contribution in [3.05, 3.63) is 64.1 Å². The average molecular weight is 419 g/mol. The molecule has 0 aliphatic rings. The number of hydrogen-bond donors (Lipinski definition) is 2. The van der Waals surface area contributed by atoms with E-state index in [1.165, 1.54) is 0 Å². The molecule has 2 N–H and O–H groups in total. The molecule has 2 aromatic rings. The van der Waals surface area contributed by atoms with Crippen LogP contribution < -0.4 is 15.4 Å². The van der Waals surface area contributed by atoms with Gasteiger partial charge >= 0.3 is 0 Å². The summed E-state index contributed by atoms with van der Waals surface area (Å²) >= 11 is 3.33. The summed E-state index contributed by atoms with van der Waals surface area (Å²) in [5.74, 6) is 0.502. The summed E-state index contributed by atoms with van der Waals surface area (Å²) < 4.78 is 6.07. The second-order valence-corrected chi connectivity index (χ2v) is 6.73. The molecule has 0 aliphatic heterocycles. The lowest BCUT2D eigenvalue weighted by atomic mass is 10.0. The quantitative estimate of drug-likeness (QED) is 0.683. The van der Waals surface area contributed by atoms with Gasteiger partial charge in [0, 0.05) is 23.0 Å². The standard InChI is InChI=1S/C20H23BrN2O3/c1-3-18(14-6-10-17(26-2)11-7-14)23-19(24)12-13-22-20(25)15-4-8-16(21)9-5-15/h4-11,18H,3,12-13H2,1-2H3,(H,22,25)(H,23,24)/t18-/m1/s1. The smallest absolute Gasteiger partial charge is 0.251 e. The zero-order chi connectivity index (χ0) is 18.9. The number of amides is 2. The third kappa shape index (κ3) is 5.88. The van der Waals surface area contributed by atoms with Crippen molar-refractivity contribution in [2.24, 2.45) is 0 Å². The second kappa shape index (κ2) is 9.97. The number of carbonyl (C=O) groups excluding carboxylic acids is 2. The molecular formula is C20H23BrN2O3. The van der Waals surface area contributed by atoms with Crippen LogP contribution in [0.5, 0.6) is 5.75 Å². The fraction of sp³-hybridized carbons (Fsp3) is 0.300. The highest BCUT2D eigenvalue weighted by molar-refractivity contribution is 9.10. The molecule has 0 saturated heterocycles. The van der Waals surface area contributed by atoms with E-state index in [2.05, 4.69) is 26.6 Å². The molecule has 6 heteroatoms. The molecule has 0 radical (unpaired) electrons. The molecule has 2 rings (SSSR count). The molecule has 0 unspecified atom stereocenters. The maximum Gasteiger partial charge on any atom is 0.251 e. The molecule has 0 spiro atoms. The van der Waals surface area contributed by atoms with E-state index < -0.39 is 0 Å². The maximum atomic E-state index is 12.2. The van der Waals surface area contributed by atoms with Gasteiger partial charge in [0.25, 0.3) is 5.91 Å². The van der Waals surface area contributed by atoms with Gasteiger partial charge in [-0.1, -0.05) is 35.0 Å². The topological polar surface area (TPSA) is 67.4 Å². The number of benzene rings is 2. The van der Waals surface area contributed by atoms with Crippen LogP contribution in [0, 0.1) is 0 Å². The van der Waals surface area contributed by atoms with E-state index in [1.54, 1.807) is 19.2 Å². The molecule has 5 nitrogen and oxygen atoms in total. The summed E-state index contributed by atoms with van der Waals surface area (Å²) in [5.41, 5.74) is 1.60. The largest absolute Gasteiger partial charge is 0.497 e. The molecule has 26 heavy (non-hydrogen) atoms. The zero-order valence-corrected chi connectivity index (χ0v) is 16.5. The Morgan fingerprint density at radius 1 is 1.08 bits per heavy atom. The van der Waals surface area contributed by atoms with Gasteiger partial charge in [-0.25, -0.2) is 0 Å². The molecule has 0 heterocycles. The maximum absolute atomic E-state index is 12.2. The van der Waals surface area contributed by atoms with Crippen molar-refractivity contribution in [1.29, 1.82) is 0 Å². The number of hydrogen-bond acceptors (Lipinski definition) is 3. The highest BCUT2D eigenvalue weighted by atomic mass is 79.9. The van der Waals surface area contributed by atoms with Crippen LogP contribution in [0.1, 0.15) is 41.7 Å². The Kier molecular flexibility index (Phi) is 7.66. The molecule has 138 valence electrons. The second-order valence-electron chi connectivity index (χ2n) is 5.81. The van der Waals surface area contributed by atoms with Crippen molar-refractivity contribution in [3.63, 3.8) is 0 Å². The molecule has 0 fully saturated rings. The molecular weight excluding hydrogens is 396 g/mol. The van der Waals surface area contributed by atoms with E-state index in [-0.39, 0.29) is 24.3 Å². The number of methoxy groups -OCH3 is 1. The highest BCUT2D eigenvalue weighted by Gasteiger charge is 2.13. The van der Waals surface area contributed by atoms with Gasteiger partial charge in [-0.2, -0.15) is 0 Å². The number of nitrogens with one attached hydrogen (secondary N) is 2. The van der Waals surface area contributed by atoms with Crippen LogP contribution in [-0.4, -0.2) is 25.5 Å². The summed E-state index contributed by atoms with van der Waals surface area (Å²) in [4.78, 5) is 24.2. The van der Waals surface area contributed by atoms with Crippen molar-refractivity contribution < 1.29 is 14.3 Å². The van der Waals surface area contributed by atoms with Gasteiger partial charge in [0.05, 0.1) is 13.2 Å². The first kappa shape index (κ1) is 20.0. The summed E-state index contributed by atoms with van der Waals surface area (Å²) in [6.07, 6.45) is 1.01. The summed E-state index contributed by atoms with van der Waals surface area (Å²) in [6.45, 7) is 2.31. The van der Waals surface area contributed by atoms with Gasteiger partial charge in [0.15, 0.2) is 0 Å². The lowest BCUT2D eigenvalue weighted by molar-refractivity contribution is -0.121. The van der Waals surface area contributed by atoms with Gasteiger partial charge in [0.1, 0.15) is 5.75 Å². The monoisotopic (exact) mass is 418 g/mol. The van der Waals surface area contributed by atoms with E-state index in [0.29, 0.717) is 12.1 Å². The van der Waals surface area contributed by atoms with Gasteiger partial charge in [-0.15, -0.1) is 0 Å². The summed E-state index contributed by atoms with van der Waals surface area (Å²) in [7, 11) is 1.62. The van der Waals surface area contributed by atoms with E-state index >= 15 is 0 Å². The third-order valence-electron chi connectivity index (χ3n) is 4.01. The Hall–Kier alpha value is -2.34. The molecule has 0 bridgehead atoms. The first-order valence-corrected chi connectivity index (χ1v) is 9.30. The van der Waals surface area contributed by atoms with Crippen LogP contribution in [0.3, 0.4) is 0 Å². The Labute approximate surface area is 162 Å². The van der Waals surface area contributed by atoms with E-state index in [0.717, 1.165) is 22.2 Å². The van der Waals surface area contributed by atoms with Crippen molar-refractivity contribution in [3.8, 4) is 5.75 Å². The number of rotatable bonds is 8. The molecule has 0 saturated carbocycles. The van der Waals surface area contributed by atoms with Gasteiger partial charge in [-0.05, 0) is 48.4 Å². The molecule has 2 aromatic carbocycles. The minimum absolute atomic E-state index is 0.0596. The zero-order valence-electron chi connectivity index (χ0n) is 14.9. The Morgan fingerprint density at radius 2 is 1.73 bits per heavy atom. The van der Waals surface area contributed by atoms with Crippen LogP contribution >= 0.6 is 15.9 Å². The van der Waals surface area contributed by atoms with Crippen molar-refractivity contribution in [2.45, 2.75) is 25.8 Å². The van der Waals surface area contributed by atoms with Crippen LogP contribution in [0.25, 0.3) is 0 Å². The normalized spacial score (nSPS) is 11.5.